The number of benzene rings is 2. The van der Waals surface area contributed by atoms with Gasteiger partial charge < -0.3 is 10.1 Å². The molecule has 0 aromatic heterocycles. The molecule has 0 aliphatic carbocycles. The van der Waals surface area contributed by atoms with E-state index >= 15 is 0 Å². The van der Waals surface area contributed by atoms with Crippen molar-refractivity contribution in [3.8, 4) is 5.75 Å². The first-order valence-corrected chi connectivity index (χ1v) is 9.91. The molecular formula is C19H24N2O4S. The lowest BCUT2D eigenvalue weighted by Gasteiger charge is -2.20. The highest BCUT2D eigenvalue weighted by molar-refractivity contribution is 7.89. The minimum Gasteiger partial charge on any atom is -0.494 e. The number of likely N-dealkylation sites (N-methyl/N-ethyl adjacent to an activating group) is 1. The number of hydrogen-bond acceptors (Lipinski definition) is 4. The summed E-state index contributed by atoms with van der Waals surface area (Å²) in [6.07, 6.45) is 0. The van der Waals surface area contributed by atoms with E-state index in [-0.39, 0.29) is 23.9 Å². The molecule has 26 heavy (non-hydrogen) atoms. The van der Waals surface area contributed by atoms with E-state index in [0.717, 1.165) is 9.87 Å². The average molecular weight is 376 g/mol. The van der Waals surface area contributed by atoms with Crippen LogP contribution < -0.4 is 10.1 Å². The standard InChI is InChI=1S/C19H24N2O4S/c1-4-21(14-19(22)20-16-9-7-6-8-10-16)26(23,24)17-11-12-18(25-5-2)15(3)13-17/h6-13H,4-5,14H2,1-3H3,(H,20,22). The fourth-order valence-corrected chi connectivity index (χ4v) is 3.99. The van der Waals surface area contributed by atoms with Crippen molar-refractivity contribution in [2.75, 3.05) is 25.0 Å². The normalized spacial score (nSPS) is 11.4. The Balaban J connectivity index is 2.17. The highest BCUT2D eigenvalue weighted by atomic mass is 32.2. The van der Waals surface area contributed by atoms with Crippen molar-refractivity contribution in [1.82, 2.24) is 4.31 Å². The second-order valence-electron chi connectivity index (χ2n) is 5.71. The molecule has 0 saturated heterocycles. The molecule has 0 radical (unpaired) electrons. The number of amides is 1. The van der Waals surface area contributed by atoms with E-state index in [9.17, 15) is 13.2 Å². The van der Waals surface area contributed by atoms with Gasteiger partial charge in [-0.05, 0) is 49.7 Å². The Morgan fingerprint density at radius 2 is 1.81 bits per heavy atom. The summed E-state index contributed by atoms with van der Waals surface area (Å²) in [4.78, 5) is 12.4. The minimum atomic E-state index is -3.78. The zero-order valence-corrected chi connectivity index (χ0v) is 16.0. The molecule has 0 bridgehead atoms. The number of carbonyl (C=O) groups is 1. The van der Waals surface area contributed by atoms with E-state index < -0.39 is 10.0 Å². The minimum absolute atomic E-state index is 0.146. The van der Waals surface area contributed by atoms with E-state index in [1.807, 2.05) is 13.0 Å². The second-order valence-corrected chi connectivity index (χ2v) is 7.64. The van der Waals surface area contributed by atoms with Crippen LogP contribution in [0.2, 0.25) is 0 Å². The third-order valence-corrected chi connectivity index (χ3v) is 5.73. The summed E-state index contributed by atoms with van der Waals surface area (Å²) in [5, 5.41) is 2.70. The Hall–Kier alpha value is -2.38. The molecule has 0 aliphatic rings. The van der Waals surface area contributed by atoms with Crippen LogP contribution in [0, 0.1) is 6.92 Å². The van der Waals surface area contributed by atoms with Crippen molar-refractivity contribution in [3.05, 3.63) is 54.1 Å². The molecule has 0 atom stereocenters. The van der Waals surface area contributed by atoms with Gasteiger partial charge in [0.25, 0.3) is 0 Å². The van der Waals surface area contributed by atoms with Gasteiger partial charge in [-0.15, -0.1) is 0 Å². The molecule has 0 spiro atoms. The van der Waals surface area contributed by atoms with Crippen LogP contribution >= 0.6 is 0 Å². The number of ether oxygens (including phenoxy) is 1. The number of carbonyl (C=O) groups excluding carboxylic acids is 1. The molecule has 2 aromatic carbocycles. The van der Waals surface area contributed by atoms with Gasteiger partial charge >= 0.3 is 0 Å². The van der Waals surface area contributed by atoms with Gasteiger partial charge in [-0.1, -0.05) is 25.1 Å². The first-order valence-electron chi connectivity index (χ1n) is 8.47. The summed E-state index contributed by atoms with van der Waals surface area (Å²) in [6.45, 7) is 5.82. The Morgan fingerprint density at radius 1 is 1.12 bits per heavy atom. The van der Waals surface area contributed by atoms with Crippen LogP contribution in [0.15, 0.2) is 53.4 Å². The SMILES string of the molecule is CCOc1ccc(S(=O)(=O)N(CC)CC(=O)Nc2ccccc2)cc1C. The van der Waals surface area contributed by atoms with Crippen molar-refractivity contribution in [2.45, 2.75) is 25.7 Å². The molecule has 2 rings (SSSR count). The molecule has 0 aliphatic heterocycles. The maximum absolute atomic E-state index is 12.9. The number of para-hydroxylation sites is 1. The maximum atomic E-state index is 12.9. The highest BCUT2D eigenvalue weighted by Crippen LogP contribution is 2.24. The van der Waals surface area contributed by atoms with Gasteiger partial charge in [0.1, 0.15) is 5.75 Å². The summed E-state index contributed by atoms with van der Waals surface area (Å²) in [6, 6.07) is 13.6. The topological polar surface area (TPSA) is 75.7 Å². The molecule has 7 heteroatoms. The van der Waals surface area contributed by atoms with Gasteiger partial charge in [0.2, 0.25) is 15.9 Å². The fourth-order valence-electron chi connectivity index (χ4n) is 2.50. The molecule has 1 N–H and O–H groups in total. The first-order chi connectivity index (χ1) is 12.4. The molecule has 6 nitrogen and oxygen atoms in total. The summed E-state index contributed by atoms with van der Waals surface area (Å²) < 4.78 is 32.4. The molecule has 0 fully saturated rings. The third-order valence-electron chi connectivity index (χ3n) is 3.81. The van der Waals surface area contributed by atoms with Gasteiger partial charge in [0.05, 0.1) is 18.0 Å². The predicted octanol–water partition coefficient (Wildman–Crippen LogP) is 3.04. The van der Waals surface area contributed by atoms with Crippen molar-refractivity contribution in [1.29, 1.82) is 0 Å². The Morgan fingerprint density at radius 3 is 2.38 bits per heavy atom. The summed E-state index contributed by atoms with van der Waals surface area (Å²) in [5.74, 6) is 0.264. The molecule has 0 saturated carbocycles. The monoisotopic (exact) mass is 376 g/mol. The molecular weight excluding hydrogens is 352 g/mol. The third kappa shape index (κ3) is 4.83. The van der Waals surface area contributed by atoms with Crippen molar-refractivity contribution in [2.24, 2.45) is 0 Å². The average Bonchev–Trinajstić information content (AvgIpc) is 2.62. The summed E-state index contributed by atoms with van der Waals surface area (Å²) in [5.41, 5.74) is 1.36. The fraction of sp³-hybridized carbons (Fsp3) is 0.316. The molecule has 140 valence electrons. The van der Waals surface area contributed by atoms with Crippen molar-refractivity contribution < 1.29 is 17.9 Å². The quantitative estimate of drug-likeness (QED) is 0.768. The van der Waals surface area contributed by atoms with Crippen LogP contribution in [-0.4, -0.2) is 38.3 Å². The zero-order valence-electron chi connectivity index (χ0n) is 15.2. The van der Waals surface area contributed by atoms with Crippen molar-refractivity contribution >= 4 is 21.6 Å². The number of aryl methyl sites for hydroxylation is 1. The van der Waals surface area contributed by atoms with Crippen LogP contribution in [-0.2, 0) is 14.8 Å². The number of sulfonamides is 1. The Labute approximate surface area is 154 Å². The smallest absolute Gasteiger partial charge is 0.243 e. The van der Waals surface area contributed by atoms with Crippen LogP contribution in [0.25, 0.3) is 0 Å². The van der Waals surface area contributed by atoms with E-state index in [2.05, 4.69) is 5.32 Å². The molecule has 1 amide bonds. The van der Waals surface area contributed by atoms with Gasteiger partial charge in [0, 0.05) is 12.2 Å². The summed E-state index contributed by atoms with van der Waals surface area (Å²) >= 11 is 0. The number of nitrogens with zero attached hydrogens (tertiary/aromatic N) is 1. The van der Waals surface area contributed by atoms with Crippen molar-refractivity contribution in [3.63, 3.8) is 0 Å². The number of anilines is 1. The van der Waals surface area contributed by atoms with E-state index in [1.165, 1.54) is 6.07 Å². The van der Waals surface area contributed by atoms with Crippen LogP contribution in [0.1, 0.15) is 19.4 Å². The number of hydrogen-bond donors (Lipinski definition) is 1. The second kappa shape index (κ2) is 8.82. The lowest BCUT2D eigenvalue weighted by atomic mass is 10.2. The Kier molecular flexibility index (Phi) is 6.76. The molecule has 0 heterocycles. The van der Waals surface area contributed by atoms with Crippen LogP contribution in [0.3, 0.4) is 0 Å². The van der Waals surface area contributed by atoms with Crippen LogP contribution in [0.4, 0.5) is 5.69 Å². The Bertz CT molecular complexity index is 851. The van der Waals surface area contributed by atoms with E-state index in [0.29, 0.717) is 18.0 Å². The molecule has 2 aromatic rings. The number of rotatable bonds is 8. The lowest BCUT2D eigenvalue weighted by Crippen LogP contribution is -2.37. The largest absolute Gasteiger partial charge is 0.494 e. The first kappa shape index (κ1) is 19.9. The highest BCUT2D eigenvalue weighted by Gasteiger charge is 2.26. The van der Waals surface area contributed by atoms with Gasteiger partial charge in [-0.3, -0.25) is 4.79 Å². The maximum Gasteiger partial charge on any atom is 0.243 e. The van der Waals surface area contributed by atoms with Gasteiger partial charge in [-0.2, -0.15) is 4.31 Å². The van der Waals surface area contributed by atoms with Gasteiger partial charge in [0.15, 0.2) is 0 Å². The van der Waals surface area contributed by atoms with E-state index in [4.69, 9.17) is 4.74 Å². The van der Waals surface area contributed by atoms with Crippen LogP contribution in [0.5, 0.6) is 5.75 Å². The predicted molar refractivity (Wildman–Crippen MR) is 102 cm³/mol. The zero-order chi connectivity index (χ0) is 19.2. The van der Waals surface area contributed by atoms with E-state index in [1.54, 1.807) is 50.2 Å². The molecule has 0 unspecified atom stereocenters. The lowest BCUT2D eigenvalue weighted by molar-refractivity contribution is -0.116. The van der Waals surface area contributed by atoms with Gasteiger partial charge in [-0.25, -0.2) is 8.42 Å². The summed E-state index contributed by atoms with van der Waals surface area (Å²) in [7, 11) is -3.78. The number of nitrogens with one attached hydrogen (secondary N) is 1.